The molecule has 1 saturated carbocycles. The molecule has 4 nitrogen and oxygen atoms in total. The van der Waals surface area contributed by atoms with Crippen LogP contribution in [0.4, 0.5) is 0 Å². The maximum Gasteiger partial charge on any atom is 0.305 e. The smallest absolute Gasteiger partial charge is 0.305 e. The van der Waals surface area contributed by atoms with E-state index in [2.05, 4.69) is 54.4 Å². The zero-order chi connectivity index (χ0) is 20.2. The Labute approximate surface area is 172 Å². The fraction of sp³-hybridized carbons (Fsp3) is 0.400. The van der Waals surface area contributed by atoms with E-state index in [4.69, 9.17) is 9.47 Å². The van der Waals surface area contributed by atoms with Crippen molar-refractivity contribution in [1.82, 2.24) is 4.98 Å². The van der Waals surface area contributed by atoms with Gasteiger partial charge in [-0.15, -0.1) is 0 Å². The maximum atomic E-state index is 11.6. The molecule has 4 heteroatoms. The van der Waals surface area contributed by atoms with Crippen LogP contribution in [0.25, 0.3) is 22.0 Å². The van der Waals surface area contributed by atoms with Crippen molar-refractivity contribution >= 4 is 16.9 Å². The predicted molar refractivity (Wildman–Crippen MR) is 116 cm³/mol. The Morgan fingerprint density at radius 3 is 2.72 bits per heavy atom. The summed E-state index contributed by atoms with van der Waals surface area (Å²) in [4.78, 5) is 14.9. The number of rotatable bonds is 7. The summed E-state index contributed by atoms with van der Waals surface area (Å²) in [6.07, 6.45) is 6.21. The van der Waals surface area contributed by atoms with E-state index in [1.165, 1.54) is 38.2 Å². The SMILES string of the molecule is COC(=O)CCc1ccc(OCC2CCCC2)c(-c2ccc3[nH]c(C)cc3c2)c1. The first-order valence-electron chi connectivity index (χ1n) is 10.5. The Morgan fingerprint density at radius 2 is 1.93 bits per heavy atom. The van der Waals surface area contributed by atoms with E-state index >= 15 is 0 Å². The van der Waals surface area contributed by atoms with Crippen LogP contribution in [-0.2, 0) is 16.0 Å². The molecule has 0 aliphatic heterocycles. The van der Waals surface area contributed by atoms with Gasteiger partial charge in [-0.1, -0.05) is 25.0 Å². The number of aryl methyl sites for hydroxylation is 2. The summed E-state index contributed by atoms with van der Waals surface area (Å²) in [6, 6.07) is 14.9. The van der Waals surface area contributed by atoms with Crippen LogP contribution in [0.1, 0.15) is 43.4 Å². The molecule has 0 spiro atoms. The second-order valence-electron chi connectivity index (χ2n) is 8.12. The van der Waals surface area contributed by atoms with E-state index in [9.17, 15) is 4.79 Å². The van der Waals surface area contributed by atoms with Gasteiger partial charge in [0.1, 0.15) is 5.75 Å². The van der Waals surface area contributed by atoms with Crippen molar-refractivity contribution in [3.8, 4) is 16.9 Å². The average Bonchev–Trinajstić information content (AvgIpc) is 3.38. The molecule has 0 unspecified atom stereocenters. The summed E-state index contributed by atoms with van der Waals surface area (Å²) in [5, 5.41) is 1.20. The zero-order valence-electron chi connectivity index (χ0n) is 17.3. The molecular weight excluding hydrogens is 362 g/mol. The van der Waals surface area contributed by atoms with Crippen molar-refractivity contribution < 1.29 is 14.3 Å². The van der Waals surface area contributed by atoms with Gasteiger partial charge in [0.15, 0.2) is 0 Å². The summed E-state index contributed by atoms with van der Waals surface area (Å²) in [7, 11) is 1.43. The number of H-pyrrole nitrogens is 1. The van der Waals surface area contributed by atoms with Gasteiger partial charge in [0, 0.05) is 28.6 Å². The van der Waals surface area contributed by atoms with Crippen LogP contribution in [-0.4, -0.2) is 24.7 Å². The number of aromatic nitrogens is 1. The highest BCUT2D eigenvalue weighted by Gasteiger charge is 2.17. The van der Waals surface area contributed by atoms with E-state index in [1.54, 1.807) is 0 Å². The number of aromatic amines is 1. The molecule has 152 valence electrons. The van der Waals surface area contributed by atoms with Crippen LogP contribution in [0.2, 0.25) is 0 Å². The lowest BCUT2D eigenvalue weighted by atomic mass is 9.98. The van der Waals surface area contributed by atoms with Crippen molar-refractivity contribution in [3.05, 3.63) is 53.7 Å². The Bertz CT molecular complexity index is 998. The van der Waals surface area contributed by atoms with Gasteiger partial charge in [-0.25, -0.2) is 0 Å². The summed E-state index contributed by atoms with van der Waals surface area (Å²) < 4.78 is 11.1. The second-order valence-corrected chi connectivity index (χ2v) is 8.12. The lowest BCUT2D eigenvalue weighted by molar-refractivity contribution is -0.140. The van der Waals surface area contributed by atoms with Gasteiger partial charge in [0.2, 0.25) is 0 Å². The van der Waals surface area contributed by atoms with E-state index in [0.717, 1.165) is 40.3 Å². The fourth-order valence-corrected chi connectivity index (χ4v) is 4.26. The van der Waals surface area contributed by atoms with Crippen LogP contribution in [0, 0.1) is 12.8 Å². The second kappa shape index (κ2) is 8.73. The molecule has 0 amide bonds. The van der Waals surface area contributed by atoms with E-state index < -0.39 is 0 Å². The van der Waals surface area contributed by atoms with Crippen molar-refractivity contribution in [2.75, 3.05) is 13.7 Å². The summed E-state index contributed by atoms with van der Waals surface area (Å²) in [5.74, 6) is 1.40. The Balaban J connectivity index is 1.64. The summed E-state index contributed by atoms with van der Waals surface area (Å²) >= 11 is 0. The van der Waals surface area contributed by atoms with Crippen LogP contribution in [0.3, 0.4) is 0 Å². The molecular formula is C25H29NO3. The number of hydrogen-bond acceptors (Lipinski definition) is 3. The van der Waals surface area contributed by atoms with Crippen molar-refractivity contribution in [3.63, 3.8) is 0 Å². The first-order valence-corrected chi connectivity index (χ1v) is 10.5. The Hall–Kier alpha value is -2.75. The highest BCUT2D eigenvalue weighted by molar-refractivity contribution is 5.87. The molecule has 0 radical (unpaired) electrons. The van der Waals surface area contributed by atoms with Gasteiger partial charge in [0.25, 0.3) is 0 Å². The normalized spacial score (nSPS) is 14.4. The van der Waals surface area contributed by atoms with Crippen LogP contribution < -0.4 is 4.74 Å². The molecule has 4 rings (SSSR count). The molecule has 1 aromatic heterocycles. The minimum Gasteiger partial charge on any atom is -0.493 e. The quantitative estimate of drug-likeness (QED) is 0.517. The molecule has 1 aliphatic carbocycles. The molecule has 1 heterocycles. The highest BCUT2D eigenvalue weighted by atomic mass is 16.5. The molecule has 29 heavy (non-hydrogen) atoms. The van der Waals surface area contributed by atoms with Gasteiger partial charge in [-0.3, -0.25) is 4.79 Å². The number of nitrogens with one attached hydrogen (secondary N) is 1. The monoisotopic (exact) mass is 391 g/mol. The number of carbonyl (C=O) groups is 1. The lowest BCUT2D eigenvalue weighted by Crippen LogP contribution is -2.09. The number of ether oxygens (including phenoxy) is 2. The van der Waals surface area contributed by atoms with Crippen molar-refractivity contribution in [2.24, 2.45) is 5.92 Å². The van der Waals surface area contributed by atoms with Crippen LogP contribution in [0.15, 0.2) is 42.5 Å². The van der Waals surface area contributed by atoms with E-state index in [1.807, 2.05) is 0 Å². The number of esters is 1. The fourth-order valence-electron chi connectivity index (χ4n) is 4.26. The zero-order valence-corrected chi connectivity index (χ0v) is 17.3. The van der Waals surface area contributed by atoms with Crippen LogP contribution >= 0.6 is 0 Å². The number of carbonyl (C=O) groups excluding carboxylic acids is 1. The Kier molecular flexibility index (Phi) is 5.89. The van der Waals surface area contributed by atoms with Gasteiger partial charge >= 0.3 is 5.97 Å². The molecule has 2 aromatic carbocycles. The first kappa shape index (κ1) is 19.6. The predicted octanol–water partition coefficient (Wildman–Crippen LogP) is 5.82. The summed E-state index contributed by atoms with van der Waals surface area (Å²) in [5.41, 5.74) is 5.64. The molecule has 1 aliphatic rings. The molecule has 1 N–H and O–H groups in total. The third-order valence-electron chi connectivity index (χ3n) is 5.91. The van der Waals surface area contributed by atoms with Crippen molar-refractivity contribution in [1.29, 1.82) is 0 Å². The number of fused-ring (bicyclic) bond motifs is 1. The van der Waals surface area contributed by atoms with Gasteiger partial charge < -0.3 is 14.5 Å². The number of methoxy groups -OCH3 is 1. The third-order valence-corrected chi connectivity index (χ3v) is 5.91. The number of benzene rings is 2. The average molecular weight is 392 g/mol. The standard InChI is InChI=1S/C25H29NO3/c1-17-13-21-15-20(9-10-23(21)26-17)22-14-18(8-12-25(27)28-2)7-11-24(22)29-16-19-5-3-4-6-19/h7,9-11,13-15,19,26H,3-6,8,12,16H2,1-2H3. The topological polar surface area (TPSA) is 51.3 Å². The minimum absolute atomic E-state index is 0.183. The van der Waals surface area contributed by atoms with E-state index in [-0.39, 0.29) is 5.97 Å². The highest BCUT2D eigenvalue weighted by Crippen LogP contribution is 2.35. The molecule has 0 saturated heterocycles. The summed E-state index contributed by atoms with van der Waals surface area (Å²) in [6.45, 7) is 2.85. The lowest BCUT2D eigenvalue weighted by Gasteiger charge is -2.16. The first-order chi connectivity index (χ1) is 14.1. The van der Waals surface area contributed by atoms with Gasteiger partial charge in [-0.2, -0.15) is 0 Å². The maximum absolute atomic E-state index is 11.6. The molecule has 3 aromatic rings. The van der Waals surface area contributed by atoms with Gasteiger partial charge in [-0.05, 0) is 73.6 Å². The molecule has 0 bridgehead atoms. The van der Waals surface area contributed by atoms with Crippen molar-refractivity contribution in [2.45, 2.75) is 45.4 Å². The Morgan fingerprint density at radius 1 is 1.10 bits per heavy atom. The van der Waals surface area contributed by atoms with Crippen LogP contribution in [0.5, 0.6) is 5.75 Å². The third kappa shape index (κ3) is 4.64. The number of hydrogen-bond donors (Lipinski definition) is 1. The molecule has 1 fully saturated rings. The van der Waals surface area contributed by atoms with E-state index in [0.29, 0.717) is 18.8 Å². The minimum atomic E-state index is -0.183. The van der Waals surface area contributed by atoms with Gasteiger partial charge in [0.05, 0.1) is 13.7 Å². The largest absolute Gasteiger partial charge is 0.493 e. The molecule has 0 atom stereocenters.